The van der Waals surface area contributed by atoms with Gasteiger partial charge in [0.1, 0.15) is 5.82 Å². The molecule has 1 amide bonds. The number of fused-ring (bicyclic) bond motifs is 1. The summed E-state index contributed by atoms with van der Waals surface area (Å²) in [5.41, 5.74) is 1.17. The van der Waals surface area contributed by atoms with Crippen molar-refractivity contribution in [3.8, 4) is 0 Å². The van der Waals surface area contributed by atoms with Gasteiger partial charge in [-0.1, -0.05) is 0 Å². The zero-order valence-electron chi connectivity index (χ0n) is 14.3. The summed E-state index contributed by atoms with van der Waals surface area (Å²) >= 11 is 0. The van der Waals surface area contributed by atoms with E-state index in [1.165, 1.54) is 6.92 Å². The number of nitrogens with zero attached hydrogens (tertiary/aromatic N) is 3. The number of nitrogens with one attached hydrogen (secondary N) is 2. The first-order chi connectivity index (χ1) is 11.5. The third-order valence-corrected chi connectivity index (χ3v) is 4.50. The van der Waals surface area contributed by atoms with Crippen LogP contribution in [0.2, 0.25) is 0 Å². The normalized spacial score (nSPS) is 17.0. The average molecular weight is 329 g/mol. The van der Waals surface area contributed by atoms with Gasteiger partial charge in [-0.3, -0.25) is 19.1 Å². The molecule has 0 aliphatic carbocycles. The van der Waals surface area contributed by atoms with Crippen LogP contribution < -0.4 is 16.2 Å². The Hall–Kier alpha value is -2.25. The second kappa shape index (κ2) is 6.70. The SMILES string of the molecule is CC(=O)Nc1ccc2nc(C(C)N3CCNCC3)n(C)c(=O)c2c1. The van der Waals surface area contributed by atoms with Gasteiger partial charge in [-0.15, -0.1) is 0 Å². The van der Waals surface area contributed by atoms with Crippen LogP contribution in [0.3, 0.4) is 0 Å². The Labute approximate surface area is 140 Å². The summed E-state index contributed by atoms with van der Waals surface area (Å²) < 4.78 is 1.62. The predicted molar refractivity (Wildman–Crippen MR) is 94.1 cm³/mol. The lowest BCUT2D eigenvalue weighted by Crippen LogP contribution is -2.45. The van der Waals surface area contributed by atoms with E-state index >= 15 is 0 Å². The number of piperazine rings is 1. The molecule has 128 valence electrons. The molecule has 3 rings (SSSR count). The molecule has 1 saturated heterocycles. The van der Waals surface area contributed by atoms with Gasteiger partial charge < -0.3 is 10.6 Å². The quantitative estimate of drug-likeness (QED) is 0.873. The number of aromatic nitrogens is 2. The molecular formula is C17H23N5O2. The van der Waals surface area contributed by atoms with E-state index in [0.717, 1.165) is 32.0 Å². The number of anilines is 1. The van der Waals surface area contributed by atoms with Crippen LogP contribution in [0.25, 0.3) is 10.9 Å². The van der Waals surface area contributed by atoms with Crippen molar-refractivity contribution in [3.63, 3.8) is 0 Å². The monoisotopic (exact) mass is 329 g/mol. The summed E-state index contributed by atoms with van der Waals surface area (Å²) in [6.45, 7) is 7.31. The van der Waals surface area contributed by atoms with Crippen molar-refractivity contribution in [2.45, 2.75) is 19.9 Å². The lowest BCUT2D eigenvalue weighted by atomic mass is 10.1. The number of benzene rings is 1. The van der Waals surface area contributed by atoms with Crippen LogP contribution >= 0.6 is 0 Å². The Morgan fingerprint density at radius 3 is 2.71 bits per heavy atom. The van der Waals surface area contributed by atoms with Gasteiger partial charge in [0.05, 0.1) is 16.9 Å². The van der Waals surface area contributed by atoms with Crippen molar-refractivity contribution in [1.82, 2.24) is 19.8 Å². The Kier molecular flexibility index (Phi) is 4.64. The topological polar surface area (TPSA) is 79.3 Å². The smallest absolute Gasteiger partial charge is 0.261 e. The van der Waals surface area contributed by atoms with E-state index in [0.29, 0.717) is 16.6 Å². The molecule has 0 saturated carbocycles. The number of carbonyl (C=O) groups is 1. The zero-order valence-corrected chi connectivity index (χ0v) is 14.3. The fraction of sp³-hybridized carbons (Fsp3) is 0.471. The third-order valence-electron chi connectivity index (χ3n) is 4.50. The Balaban J connectivity index is 2.02. The highest BCUT2D eigenvalue weighted by molar-refractivity contribution is 5.92. The maximum Gasteiger partial charge on any atom is 0.261 e. The summed E-state index contributed by atoms with van der Waals surface area (Å²) in [6.07, 6.45) is 0. The van der Waals surface area contributed by atoms with Gasteiger partial charge in [0.15, 0.2) is 0 Å². The maximum absolute atomic E-state index is 12.8. The van der Waals surface area contributed by atoms with E-state index in [1.807, 2.05) is 0 Å². The fourth-order valence-corrected chi connectivity index (χ4v) is 3.18. The summed E-state index contributed by atoms with van der Waals surface area (Å²) in [5.74, 6) is 0.602. The Bertz CT molecular complexity index is 824. The molecule has 1 aromatic heterocycles. The minimum absolute atomic E-state index is 0.0734. The summed E-state index contributed by atoms with van der Waals surface area (Å²) in [7, 11) is 1.76. The second-order valence-electron chi connectivity index (χ2n) is 6.21. The van der Waals surface area contributed by atoms with Crippen molar-refractivity contribution in [1.29, 1.82) is 0 Å². The van der Waals surface area contributed by atoms with E-state index in [1.54, 1.807) is 29.8 Å². The highest BCUT2D eigenvalue weighted by Crippen LogP contribution is 2.21. The first-order valence-electron chi connectivity index (χ1n) is 8.20. The van der Waals surface area contributed by atoms with Crippen LogP contribution in [-0.2, 0) is 11.8 Å². The Morgan fingerprint density at radius 1 is 1.33 bits per heavy atom. The van der Waals surface area contributed by atoms with Crippen molar-refractivity contribution in [2.24, 2.45) is 7.05 Å². The average Bonchev–Trinajstić information content (AvgIpc) is 2.58. The van der Waals surface area contributed by atoms with Gasteiger partial charge in [-0.25, -0.2) is 4.98 Å². The second-order valence-corrected chi connectivity index (χ2v) is 6.21. The molecule has 1 atom stereocenters. The zero-order chi connectivity index (χ0) is 17.3. The van der Waals surface area contributed by atoms with Crippen LogP contribution in [-0.4, -0.2) is 46.5 Å². The largest absolute Gasteiger partial charge is 0.326 e. The van der Waals surface area contributed by atoms with Crippen molar-refractivity contribution in [2.75, 3.05) is 31.5 Å². The lowest BCUT2D eigenvalue weighted by molar-refractivity contribution is -0.114. The molecule has 7 nitrogen and oxygen atoms in total. The van der Waals surface area contributed by atoms with Gasteiger partial charge in [0.2, 0.25) is 5.91 Å². The number of amides is 1. The van der Waals surface area contributed by atoms with Crippen LogP contribution in [0.15, 0.2) is 23.0 Å². The van der Waals surface area contributed by atoms with Gasteiger partial charge in [0, 0.05) is 45.8 Å². The molecule has 1 unspecified atom stereocenters. The first-order valence-corrected chi connectivity index (χ1v) is 8.20. The van der Waals surface area contributed by atoms with Gasteiger partial charge in [0.25, 0.3) is 5.56 Å². The van der Waals surface area contributed by atoms with E-state index in [9.17, 15) is 9.59 Å². The maximum atomic E-state index is 12.8. The van der Waals surface area contributed by atoms with E-state index < -0.39 is 0 Å². The highest BCUT2D eigenvalue weighted by Gasteiger charge is 2.22. The summed E-state index contributed by atoms with van der Waals surface area (Å²) in [5, 5.41) is 6.55. The van der Waals surface area contributed by atoms with Gasteiger partial charge in [-0.2, -0.15) is 0 Å². The molecular weight excluding hydrogens is 306 g/mol. The number of hydrogen-bond donors (Lipinski definition) is 2. The molecule has 2 N–H and O–H groups in total. The van der Waals surface area contributed by atoms with Gasteiger partial charge in [-0.05, 0) is 25.1 Å². The van der Waals surface area contributed by atoms with Gasteiger partial charge >= 0.3 is 0 Å². The third kappa shape index (κ3) is 3.18. The van der Waals surface area contributed by atoms with Crippen molar-refractivity contribution >= 4 is 22.5 Å². The van der Waals surface area contributed by atoms with E-state index in [-0.39, 0.29) is 17.5 Å². The van der Waals surface area contributed by atoms with Crippen LogP contribution in [0.1, 0.15) is 25.7 Å². The molecule has 0 radical (unpaired) electrons. The minimum atomic E-state index is -0.164. The molecule has 1 aliphatic heterocycles. The summed E-state index contributed by atoms with van der Waals surface area (Å²) in [4.78, 5) is 31.0. The number of hydrogen-bond acceptors (Lipinski definition) is 5. The van der Waals surface area contributed by atoms with E-state index in [4.69, 9.17) is 4.98 Å². The lowest BCUT2D eigenvalue weighted by Gasteiger charge is -2.33. The molecule has 1 aliphatic rings. The van der Waals surface area contributed by atoms with Crippen LogP contribution in [0.5, 0.6) is 0 Å². The van der Waals surface area contributed by atoms with E-state index in [2.05, 4.69) is 22.5 Å². The fourth-order valence-electron chi connectivity index (χ4n) is 3.18. The first kappa shape index (κ1) is 16.6. The Morgan fingerprint density at radius 2 is 2.04 bits per heavy atom. The molecule has 0 spiro atoms. The molecule has 2 heterocycles. The molecule has 1 aromatic carbocycles. The highest BCUT2D eigenvalue weighted by atomic mass is 16.1. The molecule has 7 heteroatoms. The van der Waals surface area contributed by atoms with Crippen LogP contribution in [0, 0.1) is 0 Å². The van der Waals surface area contributed by atoms with Crippen LogP contribution in [0.4, 0.5) is 5.69 Å². The standard InChI is InChI=1S/C17H23N5O2/c1-11(22-8-6-18-7-9-22)16-20-15-5-4-13(19-12(2)23)10-14(15)17(24)21(16)3/h4-5,10-11,18H,6-9H2,1-3H3,(H,19,23). The molecule has 1 fully saturated rings. The summed E-state index contributed by atoms with van der Waals surface area (Å²) in [6, 6.07) is 5.32. The number of carbonyl (C=O) groups excluding carboxylic acids is 1. The molecule has 0 bridgehead atoms. The number of rotatable bonds is 3. The predicted octanol–water partition coefficient (Wildman–Crippen LogP) is 0.858. The van der Waals surface area contributed by atoms with Crippen molar-refractivity contribution < 1.29 is 4.79 Å². The minimum Gasteiger partial charge on any atom is -0.326 e. The van der Waals surface area contributed by atoms with Crippen molar-refractivity contribution in [3.05, 3.63) is 34.4 Å². The molecule has 24 heavy (non-hydrogen) atoms. The molecule has 2 aromatic rings.